The molecule has 1 amide bonds. The van der Waals surface area contributed by atoms with Gasteiger partial charge in [-0.15, -0.1) is 10.2 Å². The molecule has 2 aromatic heterocycles. The number of nitrogens with one attached hydrogen (secondary N) is 1. The fourth-order valence-electron chi connectivity index (χ4n) is 2.50. The number of sulfone groups is 1. The van der Waals surface area contributed by atoms with Gasteiger partial charge in [0.15, 0.2) is 16.7 Å². The third kappa shape index (κ3) is 4.48. The van der Waals surface area contributed by atoms with Gasteiger partial charge < -0.3 is 9.73 Å². The van der Waals surface area contributed by atoms with Crippen LogP contribution in [-0.4, -0.2) is 40.6 Å². The third-order valence-corrected chi connectivity index (χ3v) is 6.21. The largest absolute Gasteiger partial charge is 0.461 e. The highest BCUT2D eigenvalue weighted by atomic mass is 32.2. The molecule has 0 fully saturated rings. The van der Waals surface area contributed by atoms with Crippen LogP contribution in [0.25, 0.3) is 11.6 Å². The first-order valence-corrected chi connectivity index (χ1v) is 10.9. The van der Waals surface area contributed by atoms with Crippen molar-refractivity contribution in [2.45, 2.75) is 29.3 Å². The molecule has 29 heavy (non-hydrogen) atoms. The summed E-state index contributed by atoms with van der Waals surface area (Å²) in [4.78, 5) is 11.6. The van der Waals surface area contributed by atoms with Gasteiger partial charge in [0.2, 0.25) is 15.7 Å². The second-order valence-electron chi connectivity index (χ2n) is 5.67. The highest BCUT2D eigenvalue weighted by Crippen LogP contribution is 2.27. The molecule has 8 nitrogen and oxygen atoms in total. The van der Waals surface area contributed by atoms with Gasteiger partial charge in [-0.2, -0.15) is 8.78 Å². The summed E-state index contributed by atoms with van der Waals surface area (Å²) in [5, 5.41) is 10.9. The van der Waals surface area contributed by atoms with E-state index >= 15 is 0 Å². The maximum Gasteiger partial charge on any atom is 0.341 e. The van der Waals surface area contributed by atoms with Crippen molar-refractivity contribution in [2.24, 2.45) is 0 Å². The molecular weight excluding hydrogens is 426 g/mol. The zero-order valence-electron chi connectivity index (χ0n) is 15.1. The molecule has 0 unspecified atom stereocenters. The summed E-state index contributed by atoms with van der Waals surface area (Å²) in [7, 11) is -4.84. The molecule has 0 radical (unpaired) electrons. The fraction of sp³-hybridized carbons (Fsp3) is 0.235. The number of furan rings is 1. The Bertz CT molecular complexity index is 1100. The van der Waals surface area contributed by atoms with E-state index in [2.05, 4.69) is 15.5 Å². The van der Waals surface area contributed by atoms with Gasteiger partial charge in [0, 0.05) is 6.54 Å². The minimum absolute atomic E-state index is 0.126. The van der Waals surface area contributed by atoms with Gasteiger partial charge in [-0.1, -0.05) is 23.9 Å². The van der Waals surface area contributed by atoms with Crippen molar-refractivity contribution in [1.29, 1.82) is 0 Å². The van der Waals surface area contributed by atoms with Gasteiger partial charge in [-0.25, -0.2) is 8.42 Å². The summed E-state index contributed by atoms with van der Waals surface area (Å²) in [5.41, 5.74) is -0.202. The number of anilines is 1. The number of hydrogen-bond acceptors (Lipinski definition) is 7. The van der Waals surface area contributed by atoms with Gasteiger partial charge in [-0.3, -0.25) is 9.36 Å². The van der Waals surface area contributed by atoms with Crippen LogP contribution >= 0.6 is 11.8 Å². The monoisotopic (exact) mass is 442 g/mol. The average molecular weight is 442 g/mol. The highest BCUT2D eigenvalue weighted by Gasteiger charge is 2.29. The van der Waals surface area contributed by atoms with Crippen LogP contribution in [0.15, 0.2) is 57.1 Å². The summed E-state index contributed by atoms with van der Waals surface area (Å²) < 4.78 is 56.3. The van der Waals surface area contributed by atoms with E-state index in [4.69, 9.17) is 4.42 Å². The first-order chi connectivity index (χ1) is 13.8. The van der Waals surface area contributed by atoms with Gasteiger partial charge in [0.25, 0.3) is 0 Å². The van der Waals surface area contributed by atoms with Gasteiger partial charge in [0.1, 0.15) is 0 Å². The summed E-state index contributed by atoms with van der Waals surface area (Å²) in [6.07, 6.45) is 1.51. The number of hydrogen-bond donors (Lipinski definition) is 1. The van der Waals surface area contributed by atoms with Crippen molar-refractivity contribution < 1.29 is 26.4 Å². The molecule has 0 aliphatic rings. The van der Waals surface area contributed by atoms with E-state index in [0.29, 0.717) is 23.3 Å². The van der Waals surface area contributed by atoms with Crippen molar-refractivity contribution in [2.75, 3.05) is 11.1 Å². The number of carbonyl (C=O) groups excluding carboxylic acids is 1. The lowest BCUT2D eigenvalue weighted by Crippen LogP contribution is -2.19. The lowest BCUT2D eigenvalue weighted by atomic mass is 10.3. The molecule has 0 atom stereocenters. The van der Waals surface area contributed by atoms with Crippen LogP contribution in [0.1, 0.15) is 6.92 Å². The predicted octanol–water partition coefficient (Wildman–Crippen LogP) is 3.29. The summed E-state index contributed by atoms with van der Waals surface area (Å²) in [6.45, 7) is 2.41. The van der Waals surface area contributed by atoms with Gasteiger partial charge >= 0.3 is 5.76 Å². The number of nitrogens with zero attached hydrogens (tertiary/aromatic N) is 3. The quantitative estimate of drug-likeness (QED) is 0.534. The molecule has 12 heteroatoms. The summed E-state index contributed by atoms with van der Waals surface area (Å²) >= 11 is 1.07. The van der Waals surface area contributed by atoms with Crippen molar-refractivity contribution >= 4 is 33.2 Å². The van der Waals surface area contributed by atoms with Crippen LogP contribution in [0, 0.1) is 0 Å². The molecule has 0 saturated heterocycles. The van der Waals surface area contributed by atoms with Crippen LogP contribution < -0.4 is 5.32 Å². The Hall–Kier alpha value is -2.73. The maximum absolute atomic E-state index is 12.9. The Morgan fingerprint density at radius 2 is 2.00 bits per heavy atom. The average Bonchev–Trinajstić information content (AvgIpc) is 3.35. The Balaban J connectivity index is 1.72. The van der Waals surface area contributed by atoms with Crippen LogP contribution in [0.2, 0.25) is 0 Å². The van der Waals surface area contributed by atoms with Crippen LogP contribution in [0.4, 0.5) is 14.5 Å². The number of carbonyl (C=O) groups is 1. The first-order valence-electron chi connectivity index (χ1n) is 8.35. The topological polar surface area (TPSA) is 107 Å². The lowest BCUT2D eigenvalue weighted by molar-refractivity contribution is -0.113. The zero-order valence-corrected chi connectivity index (χ0v) is 16.7. The van der Waals surface area contributed by atoms with Crippen molar-refractivity contribution in [1.82, 2.24) is 14.8 Å². The Labute approximate surface area is 169 Å². The number of alkyl halides is 2. The molecule has 3 aromatic rings. The number of para-hydroxylation sites is 1. The van der Waals surface area contributed by atoms with Crippen molar-refractivity contribution in [3.8, 4) is 11.6 Å². The van der Waals surface area contributed by atoms with E-state index in [1.54, 1.807) is 16.7 Å². The first kappa shape index (κ1) is 21.0. The molecule has 3 rings (SSSR count). The van der Waals surface area contributed by atoms with Crippen LogP contribution in [-0.2, 0) is 21.2 Å². The minimum atomic E-state index is -4.84. The number of aromatic nitrogens is 3. The highest BCUT2D eigenvalue weighted by molar-refractivity contribution is 7.99. The fourth-order valence-corrected chi connectivity index (χ4v) is 4.19. The van der Waals surface area contributed by atoms with Crippen molar-refractivity contribution in [3.63, 3.8) is 0 Å². The summed E-state index contributed by atoms with van der Waals surface area (Å²) in [6, 6.07) is 8.47. The maximum atomic E-state index is 12.9. The molecule has 0 aliphatic carbocycles. The second-order valence-corrected chi connectivity index (χ2v) is 8.50. The molecule has 0 spiro atoms. The van der Waals surface area contributed by atoms with Crippen molar-refractivity contribution in [3.05, 3.63) is 42.7 Å². The van der Waals surface area contributed by atoms with E-state index < -0.39 is 26.4 Å². The second kappa shape index (κ2) is 8.74. The molecule has 1 N–H and O–H groups in total. The SMILES string of the molecule is CCn1c(SCC(=O)Nc2ccccc2S(=O)(=O)C(F)F)nnc1-c1ccco1. The Morgan fingerprint density at radius 3 is 2.66 bits per heavy atom. The third-order valence-electron chi connectivity index (χ3n) is 3.81. The normalized spacial score (nSPS) is 11.7. The molecule has 0 saturated carbocycles. The standard InChI is InChI=1S/C17H16F2N4O4S2/c1-2-23-15(12-7-5-9-27-12)21-22-17(23)28-10-14(24)20-11-6-3-4-8-13(11)29(25,26)16(18)19/h3-9,16H,2,10H2,1H3,(H,20,24). The lowest BCUT2D eigenvalue weighted by Gasteiger charge is -2.11. The summed E-state index contributed by atoms with van der Waals surface area (Å²) in [5.74, 6) is -3.25. The van der Waals surface area contributed by atoms with Gasteiger partial charge in [-0.05, 0) is 31.2 Å². The molecule has 0 aliphatic heterocycles. The van der Waals surface area contributed by atoms with Crippen LogP contribution in [0.5, 0.6) is 0 Å². The smallest absolute Gasteiger partial charge is 0.341 e. The Morgan fingerprint density at radius 1 is 1.24 bits per heavy atom. The predicted molar refractivity (Wildman–Crippen MR) is 102 cm³/mol. The zero-order chi connectivity index (χ0) is 21.0. The van der Waals surface area contributed by atoms with E-state index in [9.17, 15) is 22.0 Å². The molecule has 2 heterocycles. The van der Waals surface area contributed by atoms with Crippen LogP contribution in [0.3, 0.4) is 0 Å². The number of amides is 1. The number of rotatable bonds is 8. The minimum Gasteiger partial charge on any atom is -0.461 e. The molecule has 0 bridgehead atoms. The number of halogens is 2. The number of thioether (sulfide) groups is 1. The molecule has 1 aromatic carbocycles. The Kier molecular flexibility index (Phi) is 6.33. The van der Waals surface area contributed by atoms with Gasteiger partial charge in [0.05, 0.1) is 22.6 Å². The molecular formula is C17H16F2N4O4S2. The molecule has 154 valence electrons. The van der Waals surface area contributed by atoms with E-state index in [0.717, 1.165) is 17.8 Å². The number of benzene rings is 1. The van der Waals surface area contributed by atoms with E-state index in [1.165, 1.54) is 24.5 Å². The van der Waals surface area contributed by atoms with E-state index in [1.807, 2.05) is 6.92 Å². The van der Waals surface area contributed by atoms with E-state index in [-0.39, 0.29) is 11.4 Å².